The van der Waals surface area contributed by atoms with Gasteiger partial charge in [0.1, 0.15) is 17.5 Å². The Bertz CT molecular complexity index is 1390. The zero-order chi connectivity index (χ0) is 22.1. The highest BCUT2D eigenvalue weighted by molar-refractivity contribution is 5.85. The van der Waals surface area contributed by atoms with E-state index >= 15 is 0 Å². The predicted octanol–water partition coefficient (Wildman–Crippen LogP) is 4.02. The summed E-state index contributed by atoms with van der Waals surface area (Å²) in [6.07, 6.45) is 0. The van der Waals surface area contributed by atoms with E-state index < -0.39 is 0 Å². The molecule has 7 heteroatoms. The normalized spacial score (nSPS) is 11.8. The van der Waals surface area contributed by atoms with Gasteiger partial charge in [0.15, 0.2) is 0 Å². The smallest absolute Gasteiger partial charge is 0.263 e. The molecule has 154 valence electrons. The Hall–Kier alpha value is -4.18. The Kier molecular flexibility index (Phi) is 5.14. The number of hydrogen-bond acceptors (Lipinski definition) is 6. The van der Waals surface area contributed by atoms with Crippen molar-refractivity contribution in [1.29, 1.82) is 5.26 Å². The summed E-state index contributed by atoms with van der Waals surface area (Å²) in [6.45, 7) is 5.57. The van der Waals surface area contributed by atoms with E-state index in [0.29, 0.717) is 22.5 Å². The summed E-state index contributed by atoms with van der Waals surface area (Å²) in [5, 5.41) is 14.4. The van der Waals surface area contributed by atoms with Gasteiger partial charge >= 0.3 is 0 Å². The highest BCUT2D eigenvalue weighted by atomic mass is 16.1. The van der Waals surface area contributed by atoms with Crippen molar-refractivity contribution < 1.29 is 0 Å². The molecule has 3 N–H and O–H groups in total. The van der Waals surface area contributed by atoms with Gasteiger partial charge in [0.2, 0.25) is 5.95 Å². The highest BCUT2D eigenvalue weighted by Crippen LogP contribution is 2.26. The molecule has 0 aliphatic rings. The molecule has 1 atom stereocenters. The van der Waals surface area contributed by atoms with Crippen molar-refractivity contribution in [3.63, 3.8) is 0 Å². The number of benzene rings is 2. The molecule has 0 aliphatic carbocycles. The molecule has 0 fully saturated rings. The zero-order valence-corrected chi connectivity index (χ0v) is 17.5. The van der Waals surface area contributed by atoms with Crippen molar-refractivity contribution >= 4 is 22.5 Å². The van der Waals surface area contributed by atoms with Crippen LogP contribution in [0.5, 0.6) is 0 Å². The van der Waals surface area contributed by atoms with Crippen molar-refractivity contribution in [1.82, 2.24) is 14.5 Å². The van der Waals surface area contributed by atoms with E-state index in [1.807, 2.05) is 68.4 Å². The molecule has 31 heavy (non-hydrogen) atoms. The third-order valence-electron chi connectivity index (χ3n) is 5.31. The third-order valence-corrected chi connectivity index (χ3v) is 5.31. The predicted molar refractivity (Wildman–Crippen MR) is 122 cm³/mol. The van der Waals surface area contributed by atoms with Gasteiger partial charge in [-0.3, -0.25) is 9.36 Å². The van der Waals surface area contributed by atoms with E-state index in [2.05, 4.69) is 21.4 Å². The minimum absolute atomic E-state index is 0.0841. The Morgan fingerprint density at radius 3 is 2.55 bits per heavy atom. The van der Waals surface area contributed by atoms with Crippen LogP contribution in [0.1, 0.15) is 35.5 Å². The van der Waals surface area contributed by atoms with Gasteiger partial charge in [-0.15, -0.1) is 0 Å². The number of nitrogens with one attached hydrogen (secondary N) is 1. The first-order chi connectivity index (χ1) is 14.9. The Labute approximate surface area is 179 Å². The van der Waals surface area contributed by atoms with E-state index in [1.165, 1.54) is 0 Å². The van der Waals surface area contributed by atoms with E-state index in [4.69, 9.17) is 5.73 Å². The molecule has 0 saturated heterocycles. The third kappa shape index (κ3) is 3.60. The molecule has 0 saturated carbocycles. The largest absolute Gasteiger partial charge is 0.368 e. The maximum absolute atomic E-state index is 13.6. The molecule has 2 aromatic carbocycles. The van der Waals surface area contributed by atoms with Crippen LogP contribution in [0.2, 0.25) is 0 Å². The van der Waals surface area contributed by atoms with Gasteiger partial charge in [-0.05, 0) is 49.9 Å². The number of fused-ring (bicyclic) bond motifs is 1. The van der Waals surface area contributed by atoms with Gasteiger partial charge in [0.05, 0.1) is 17.1 Å². The lowest BCUT2D eigenvalue weighted by atomic mass is 10.0. The lowest BCUT2D eigenvalue weighted by molar-refractivity contribution is 0.772. The molecular weight excluding hydrogens is 388 g/mol. The number of aromatic nitrogens is 3. The highest BCUT2D eigenvalue weighted by Gasteiger charge is 2.19. The standard InChI is InChI=1S/C24H22N6O/c1-14-8-7-9-17-12-20(30(23(31)21(14)17)18-10-5-4-6-11-18)16(3)27-22-19(13-25)15(2)28-24(26)29-22/h4-12,16H,1-3H3,(H3,26,27,28,29)/t16-/m0/s1. The second kappa shape index (κ2) is 7.92. The fourth-order valence-corrected chi connectivity index (χ4v) is 3.83. The number of hydrogen-bond donors (Lipinski definition) is 2. The average Bonchev–Trinajstić information content (AvgIpc) is 2.74. The first-order valence-electron chi connectivity index (χ1n) is 9.92. The first-order valence-corrected chi connectivity index (χ1v) is 9.92. The lowest BCUT2D eigenvalue weighted by Crippen LogP contribution is -2.26. The average molecular weight is 410 g/mol. The number of anilines is 2. The van der Waals surface area contributed by atoms with Crippen molar-refractivity contribution in [3.05, 3.63) is 87.5 Å². The van der Waals surface area contributed by atoms with Crippen LogP contribution in [-0.4, -0.2) is 14.5 Å². The monoisotopic (exact) mass is 410 g/mol. The topological polar surface area (TPSA) is 110 Å². The van der Waals surface area contributed by atoms with Crippen molar-refractivity contribution in [2.24, 2.45) is 0 Å². The quantitative estimate of drug-likeness (QED) is 0.526. The van der Waals surface area contributed by atoms with Crippen LogP contribution in [0.15, 0.2) is 59.4 Å². The van der Waals surface area contributed by atoms with Crippen LogP contribution < -0.4 is 16.6 Å². The van der Waals surface area contributed by atoms with Crippen LogP contribution in [0.25, 0.3) is 16.5 Å². The fraction of sp³-hybridized carbons (Fsp3) is 0.167. The second-order valence-electron chi connectivity index (χ2n) is 7.45. The number of pyridine rings is 1. The SMILES string of the molecule is Cc1nc(N)nc(N[C@@H](C)c2cc3cccc(C)c3c(=O)n2-c2ccccc2)c1C#N. The maximum atomic E-state index is 13.6. The summed E-state index contributed by atoms with van der Waals surface area (Å²) in [4.78, 5) is 21.9. The number of nitrogen functional groups attached to an aromatic ring is 1. The van der Waals surface area contributed by atoms with Gasteiger partial charge in [-0.1, -0.05) is 36.4 Å². The minimum atomic E-state index is -0.349. The molecule has 4 rings (SSSR count). The molecule has 4 aromatic rings. The molecule has 7 nitrogen and oxygen atoms in total. The van der Waals surface area contributed by atoms with Gasteiger partial charge < -0.3 is 11.1 Å². The molecular formula is C24H22N6O. The molecule has 0 aliphatic heterocycles. The molecule has 0 unspecified atom stereocenters. The van der Waals surface area contributed by atoms with Gasteiger partial charge in [-0.2, -0.15) is 10.2 Å². The lowest BCUT2D eigenvalue weighted by Gasteiger charge is -2.22. The number of rotatable bonds is 4. The molecule has 0 spiro atoms. The number of para-hydroxylation sites is 1. The van der Waals surface area contributed by atoms with Crippen LogP contribution in [-0.2, 0) is 0 Å². The van der Waals surface area contributed by atoms with E-state index in [0.717, 1.165) is 22.3 Å². The van der Waals surface area contributed by atoms with Gasteiger partial charge in [0, 0.05) is 11.4 Å². The van der Waals surface area contributed by atoms with Gasteiger partial charge in [-0.25, -0.2) is 4.98 Å². The Balaban J connectivity index is 1.94. The number of nitrogens with two attached hydrogens (primary N) is 1. The first kappa shape index (κ1) is 20.1. The summed E-state index contributed by atoms with van der Waals surface area (Å²) in [6, 6.07) is 19.1. The van der Waals surface area contributed by atoms with Crippen LogP contribution in [0.4, 0.5) is 11.8 Å². The Morgan fingerprint density at radius 2 is 1.84 bits per heavy atom. The van der Waals surface area contributed by atoms with Gasteiger partial charge in [0.25, 0.3) is 5.56 Å². The molecule has 0 radical (unpaired) electrons. The summed E-state index contributed by atoms with van der Waals surface area (Å²) in [5.41, 5.74) is 8.97. The van der Waals surface area contributed by atoms with Crippen LogP contribution in [0, 0.1) is 25.2 Å². The number of nitriles is 1. The zero-order valence-electron chi connectivity index (χ0n) is 17.5. The summed E-state index contributed by atoms with van der Waals surface area (Å²) in [7, 11) is 0. The van der Waals surface area contributed by atoms with E-state index in [9.17, 15) is 10.1 Å². The second-order valence-corrected chi connectivity index (χ2v) is 7.45. The van der Waals surface area contributed by atoms with Crippen molar-refractivity contribution in [2.75, 3.05) is 11.1 Å². The van der Waals surface area contributed by atoms with Crippen molar-refractivity contribution in [2.45, 2.75) is 26.8 Å². The summed E-state index contributed by atoms with van der Waals surface area (Å²) >= 11 is 0. The molecule has 2 heterocycles. The summed E-state index contributed by atoms with van der Waals surface area (Å²) in [5.74, 6) is 0.428. The molecule has 0 bridgehead atoms. The van der Waals surface area contributed by atoms with E-state index in [-0.39, 0.29) is 17.5 Å². The maximum Gasteiger partial charge on any atom is 0.263 e. The Morgan fingerprint density at radius 1 is 1.10 bits per heavy atom. The summed E-state index contributed by atoms with van der Waals surface area (Å²) < 4.78 is 1.70. The molecule has 2 aromatic heterocycles. The fourth-order valence-electron chi connectivity index (χ4n) is 3.83. The van der Waals surface area contributed by atoms with Crippen molar-refractivity contribution in [3.8, 4) is 11.8 Å². The minimum Gasteiger partial charge on any atom is -0.368 e. The van der Waals surface area contributed by atoms with E-state index in [1.54, 1.807) is 11.5 Å². The number of aryl methyl sites for hydroxylation is 2. The molecule has 0 amide bonds. The number of nitrogens with zero attached hydrogens (tertiary/aromatic N) is 4. The van der Waals surface area contributed by atoms with Crippen LogP contribution >= 0.6 is 0 Å². The van der Waals surface area contributed by atoms with Crippen LogP contribution in [0.3, 0.4) is 0 Å².